The van der Waals surface area contributed by atoms with E-state index in [0.29, 0.717) is 13.2 Å². The molecule has 1 aromatic rings. The molecule has 1 N–H and O–H groups in total. The van der Waals surface area contributed by atoms with Crippen LogP contribution in [0.3, 0.4) is 0 Å². The Morgan fingerprint density at radius 1 is 1.42 bits per heavy atom. The number of carbonyl (C=O) groups is 1. The van der Waals surface area contributed by atoms with E-state index in [4.69, 9.17) is 9.84 Å². The van der Waals surface area contributed by atoms with Crippen LogP contribution in [0, 0.1) is 0 Å². The van der Waals surface area contributed by atoms with Crippen molar-refractivity contribution < 1.29 is 23.1 Å². The molecule has 1 saturated heterocycles. The summed E-state index contributed by atoms with van der Waals surface area (Å²) in [6.07, 6.45) is 0. The zero-order valence-corrected chi connectivity index (χ0v) is 11.3. The molecule has 19 heavy (non-hydrogen) atoms. The van der Waals surface area contributed by atoms with Crippen LogP contribution in [0.2, 0.25) is 0 Å². The number of carboxylic acids is 1. The highest BCUT2D eigenvalue weighted by Gasteiger charge is 2.33. The topological polar surface area (TPSA) is 83.9 Å². The predicted molar refractivity (Wildman–Crippen MR) is 67.6 cm³/mol. The van der Waals surface area contributed by atoms with Gasteiger partial charge < -0.3 is 9.84 Å². The van der Waals surface area contributed by atoms with Crippen molar-refractivity contribution in [3.8, 4) is 0 Å². The summed E-state index contributed by atoms with van der Waals surface area (Å²) < 4.78 is 31.5. The molecule has 1 heterocycles. The fraction of sp³-hybridized carbons (Fsp3) is 0.417. The van der Waals surface area contributed by atoms with Gasteiger partial charge in [-0.1, -0.05) is 12.1 Å². The Hall–Kier alpha value is -1.44. The lowest BCUT2D eigenvalue weighted by Gasteiger charge is -2.32. The SMILES string of the molecule is CC1COCCN1S(=O)(=O)c1ccccc1C(=O)O. The van der Waals surface area contributed by atoms with Gasteiger partial charge in [0.1, 0.15) is 0 Å². The molecule has 0 radical (unpaired) electrons. The molecule has 0 bridgehead atoms. The lowest BCUT2D eigenvalue weighted by atomic mass is 10.2. The van der Waals surface area contributed by atoms with Crippen LogP contribution in [0.25, 0.3) is 0 Å². The Bertz CT molecular complexity index is 584. The smallest absolute Gasteiger partial charge is 0.337 e. The minimum absolute atomic E-state index is 0.170. The van der Waals surface area contributed by atoms with Crippen molar-refractivity contribution in [1.29, 1.82) is 0 Å². The molecule has 1 aliphatic rings. The van der Waals surface area contributed by atoms with E-state index in [1.165, 1.54) is 28.6 Å². The molecule has 0 aromatic heterocycles. The van der Waals surface area contributed by atoms with Crippen molar-refractivity contribution in [3.63, 3.8) is 0 Å². The molecule has 7 heteroatoms. The molecule has 0 spiro atoms. The molecule has 1 atom stereocenters. The van der Waals surface area contributed by atoms with Gasteiger partial charge in [0, 0.05) is 12.6 Å². The largest absolute Gasteiger partial charge is 0.478 e. The van der Waals surface area contributed by atoms with Crippen LogP contribution >= 0.6 is 0 Å². The van der Waals surface area contributed by atoms with Crippen LogP contribution in [0.15, 0.2) is 29.2 Å². The number of benzene rings is 1. The zero-order valence-electron chi connectivity index (χ0n) is 10.4. The second kappa shape index (κ2) is 5.28. The van der Waals surface area contributed by atoms with Crippen LogP contribution < -0.4 is 0 Å². The van der Waals surface area contributed by atoms with Gasteiger partial charge in [0.25, 0.3) is 0 Å². The molecule has 104 valence electrons. The monoisotopic (exact) mass is 285 g/mol. The maximum absolute atomic E-state index is 12.5. The summed E-state index contributed by atoms with van der Waals surface area (Å²) in [7, 11) is -3.81. The third kappa shape index (κ3) is 2.63. The Kier molecular flexibility index (Phi) is 3.88. The molecule has 1 aromatic carbocycles. The molecule has 1 aliphatic heterocycles. The lowest BCUT2D eigenvalue weighted by Crippen LogP contribution is -2.47. The first-order valence-electron chi connectivity index (χ1n) is 5.86. The summed E-state index contributed by atoms with van der Waals surface area (Å²) in [5, 5.41) is 9.09. The van der Waals surface area contributed by atoms with Gasteiger partial charge in [-0.15, -0.1) is 0 Å². The van der Waals surface area contributed by atoms with E-state index in [2.05, 4.69) is 0 Å². The maximum Gasteiger partial charge on any atom is 0.337 e. The third-order valence-electron chi connectivity index (χ3n) is 3.01. The Labute approximate surface area is 111 Å². The Morgan fingerprint density at radius 2 is 2.11 bits per heavy atom. The number of nitrogens with zero attached hydrogens (tertiary/aromatic N) is 1. The number of morpholine rings is 1. The summed E-state index contributed by atoms with van der Waals surface area (Å²) in [6, 6.07) is 5.33. The van der Waals surface area contributed by atoms with Gasteiger partial charge in [0.05, 0.1) is 23.7 Å². The first-order chi connectivity index (χ1) is 8.94. The first-order valence-corrected chi connectivity index (χ1v) is 7.30. The van der Waals surface area contributed by atoms with E-state index in [0.717, 1.165) is 0 Å². The standard InChI is InChI=1S/C12H15NO5S/c1-9-8-18-7-6-13(9)19(16,17)11-5-3-2-4-10(11)12(14)15/h2-5,9H,6-8H2,1H3,(H,14,15). The van der Waals surface area contributed by atoms with Crippen molar-refractivity contribution in [3.05, 3.63) is 29.8 Å². The molecule has 0 aliphatic carbocycles. The van der Waals surface area contributed by atoms with E-state index in [9.17, 15) is 13.2 Å². The van der Waals surface area contributed by atoms with Gasteiger partial charge >= 0.3 is 5.97 Å². The average Bonchev–Trinajstić information content (AvgIpc) is 2.39. The van der Waals surface area contributed by atoms with Crippen molar-refractivity contribution in [2.45, 2.75) is 17.9 Å². The number of ether oxygens (including phenoxy) is 1. The van der Waals surface area contributed by atoms with E-state index in [1.807, 2.05) is 0 Å². The van der Waals surface area contributed by atoms with Gasteiger partial charge in [0.2, 0.25) is 10.0 Å². The molecule has 1 unspecified atom stereocenters. The van der Waals surface area contributed by atoms with E-state index >= 15 is 0 Å². The quantitative estimate of drug-likeness (QED) is 0.887. The Morgan fingerprint density at radius 3 is 2.74 bits per heavy atom. The highest BCUT2D eigenvalue weighted by atomic mass is 32.2. The Balaban J connectivity index is 2.47. The van der Waals surface area contributed by atoms with Crippen LogP contribution in [0.5, 0.6) is 0 Å². The molecule has 1 fully saturated rings. The summed E-state index contributed by atoms with van der Waals surface area (Å²) in [5.41, 5.74) is -0.207. The number of aromatic carboxylic acids is 1. The number of rotatable bonds is 3. The lowest BCUT2D eigenvalue weighted by molar-refractivity contribution is 0.0392. The van der Waals surface area contributed by atoms with E-state index in [-0.39, 0.29) is 23.0 Å². The van der Waals surface area contributed by atoms with Gasteiger partial charge in [-0.05, 0) is 19.1 Å². The fourth-order valence-corrected chi connectivity index (χ4v) is 3.85. The summed E-state index contributed by atoms with van der Waals surface area (Å²) in [4.78, 5) is 11.0. The zero-order chi connectivity index (χ0) is 14.0. The van der Waals surface area contributed by atoms with Crippen molar-refractivity contribution in [2.24, 2.45) is 0 Å². The highest BCUT2D eigenvalue weighted by Crippen LogP contribution is 2.23. The summed E-state index contributed by atoms with van der Waals surface area (Å²) >= 11 is 0. The normalized spacial score (nSPS) is 21.2. The minimum Gasteiger partial charge on any atom is -0.478 e. The van der Waals surface area contributed by atoms with E-state index in [1.54, 1.807) is 6.92 Å². The first kappa shape index (κ1) is 14.0. The minimum atomic E-state index is -3.81. The number of carboxylic acid groups (broad SMARTS) is 1. The molecular formula is C12H15NO5S. The molecule has 6 nitrogen and oxygen atoms in total. The van der Waals surface area contributed by atoms with Gasteiger partial charge in [0.15, 0.2) is 0 Å². The van der Waals surface area contributed by atoms with Gasteiger partial charge in [-0.25, -0.2) is 13.2 Å². The van der Waals surface area contributed by atoms with Crippen molar-refractivity contribution in [2.75, 3.05) is 19.8 Å². The van der Waals surface area contributed by atoms with E-state index < -0.39 is 16.0 Å². The predicted octanol–water partition coefficient (Wildman–Crippen LogP) is 0.794. The van der Waals surface area contributed by atoms with Gasteiger partial charge in [-0.2, -0.15) is 4.31 Å². The van der Waals surface area contributed by atoms with Crippen LogP contribution in [-0.4, -0.2) is 49.6 Å². The number of sulfonamides is 1. The van der Waals surface area contributed by atoms with Crippen molar-refractivity contribution in [1.82, 2.24) is 4.31 Å². The second-order valence-corrected chi connectivity index (χ2v) is 6.20. The fourth-order valence-electron chi connectivity index (χ4n) is 2.06. The highest BCUT2D eigenvalue weighted by molar-refractivity contribution is 7.89. The van der Waals surface area contributed by atoms with Gasteiger partial charge in [-0.3, -0.25) is 0 Å². The number of hydrogen-bond donors (Lipinski definition) is 1. The summed E-state index contributed by atoms with van der Waals surface area (Å²) in [5.74, 6) is -1.25. The molecule has 0 amide bonds. The second-order valence-electron chi connectivity index (χ2n) is 4.34. The molecule has 0 saturated carbocycles. The molecule has 2 rings (SSSR count). The average molecular weight is 285 g/mol. The summed E-state index contributed by atoms with van der Waals surface area (Å²) in [6.45, 7) is 2.60. The third-order valence-corrected chi connectivity index (χ3v) is 5.08. The number of hydrogen-bond acceptors (Lipinski definition) is 4. The molecular weight excluding hydrogens is 270 g/mol. The van der Waals surface area contributed by atoms with Crippen LogP contribution in [-0.2, 0) is 14.8 Å². The maximum atomic E-state index is 12.5. The van der Waals surface area contributed by atoms with Crippen LogP contribution in [0.4, 0.5) is 0 Å². The van der Waals surface area contributed by atoms with Crippen molar-refractivity contribution >= 4 is 16.0 Å². The van der Waals surface area contributed by atoms with Crippen LogP contribution in [0.1, 0.15) is 17.3 Å².